The van der Waals surface area contributed by atoms with Crippen molar-refractivity contribution in [1.29, 1.82) is 0 Å². The van der Waals surface area contributed by atoms with Crippen molar-refractivity contribution in [3.63, 3.8) is 0 Å². The van der Waals surface area contributed by atoms with Gasteiger partial charge in [0.15, 0.2) is 5.82 Å². The standard InChI is InChI=1S/C76H48N6O8/c83-73(55-29-17-49(18-30-55)67-13-1-5-37-77-67)87-61-43-59(44-62(47-61)88-74(84)56-31-19-50(20-32-56)68-14-2-6-38-78-68)65-11-9-12-66(71(65)53-25-27-54(28-26-53)72-81-41-10-42-82-72)60-45-63(89-75(85)57-33-21-51(22-34-57)69-15-3-7-39-79-69)48-64(46-60)90-76(86)58-35-23-52(24-36-58)70-16-4-8-40-80-70/h1-48H. The lowest BCUT2D eigenvalue weighted by molar-refractivity contribution is 0.0713. The zero-order valence-corrected chi connectivity index (χ0v) is 47.7. The summed E-state index contributed by atoms with van der Waals surface area (Å²) in [7, 11) is 0. The second-order valence-corrected chi connectivity index (χ2v) is 20.5. The van der Waals surface area contributed by atoms with E-state index < -0.39 is 23.9 Å². The number of hydrogen-bond donors (Lipinski definition) is 0. The summed E-state index contributed by atoms with van der Waals surface area (Å²) in [5, 5.41) is 0. The Labute approximate surface area is 516 Å². The van der Waals surface area contributed by atoms with E-state index in [-0.39, 0.29) is 45.3 Å². The van der Waals surface area contributed by atoms with E-state index in [0.29, 0.717) is 39.2 Å². The summed E-state index contributed by atoms with van der Waals surface area (Å²) in [5.41, 5.74) is 11.4. The second-order valence-electron chi connectivity index (χ2n) is 20.5. The van der Waals surface area contributed by atoms with E-state index in [1.165, 1.54) is 12.1 Å². The maximum Gasteiger partial charge on any atom is 0.343 e. The molecule has 0 amide bonds. The summed E-state index contributed by atoms with van der Waals surface area (Å²) in [6, 6.07) is 74.7. The lowest BCUT2D eigenvalue weighted by Gasteiger charge is -2.19. The van der Waals surface area contributed by atoms with E-state index in [2.05, 4.69) is 29.9 Å². The molecule has 14 nitrogen and oxygen atoms in total. The molecule has 0 fully saturated rings. The zero-order valence-electron chi connectivity index (χ0n) is 47.7. The topological polar surface area (TPSA) is 183 Å². The maximum atomic E-state index is 14.2. The molecule has 430 valence electrons. The Morgan fingerprint density at radius 1 is 0.233 bits per heavy atom. The molecule has 0 unspecified atom stereocenters. The van der Waals surface area contributed by atoms with Crippen LogP contribution in [0.25, 0.3) is 89.8 Å². The van der Waals surface area contributed by atoms with Gasteiger partial charge in [0.25, 0.3) is 0 Å². The second kappa shape index (κ2) is 25.9. The molecule has 0 aliphatic heterocycles. The lowest BCUT2D eigenvalue weighted by atomic mass is 9.87. The molecule has 0 N–H and O–H groups in total. The van der Waals surface area contributed by atoms with Crippen molar-refractivity contribution in [1.82, 2.24) is 29.9 Å². The Morgan fingerprint density at radius 2 is 0.511 bits per heavy atom. The first-order valence-corrected chi connectivity index (χ1v) is 28.5. The van der Waals surface area contributed by atoms with Gasteiger partial charge in [-0.2, -0.15) is 0 Å². The van der Waals surface area contributed by atoms with Crippen LogP contribution in [0.2, 0.25) is 0 Å². The summed E-state index contributed by atoms with van der Waals surface area (Å²) in [6.45, 7) is 0. The van der Waals surface area contributed by atoms with Crippen molar-refractivity contribution in [3.8, 4) is 113 Å². The normalized spacial score (nSPS) is 10.8. The van der Waals surface area contributed by atoms with Crippen LogP contribution in [0.1, 0.15) is 41.4 Å². The van der Waals surface area contributed by atoms with Gasteiger partial charge in [-0.1, -0.05) is 115 Å². The van der Waals surface area contributed by atoms with Crippen molar-refractivity contribution >= 4 is 23.9 Å². The number of rotatable bonds is 16. The van der Waals surface area contributed by atoms with E-state index in [9.17, 15) is 19.2 Å². The summed E-state index contributed by atoms with van der Waals surface area (Å²) >= 11 is 0. The molecule has 14 heteroatoms. The monoisotopic (exact) mass is 1170 g/mol. The molecule has 0 bridgehead atoms. The first-order valence-electron chi connectivity index (χ1n) is 28.5. The van der Waals surface area contributed by atoms with E-state index in [0.717, 1.165) is 50.6 Å². The molecule has 8 aromatic carbocycles. The molecule has 0 aliphatic carbocycles. The molecule has 0 aliphatic rings. The quantitative estimate of drug-likeness (QED) is 0.0658. The van der Waals surface area contributed by atoms with Gasteiger partial charge in [0.2, 0.25) is 0 Å². The van der Waals surface area contributed by atoms with Gasteiger partial charge in [0.05, 0.1) is 45.0 Å². The van der Waals surface area contributed by atoms with Gasteiger partial charge in [0, 0.05) is 77.1 Å². The molecule has 0 saturated carbocycles. The van der Waals surface area contributed by atoms with Crippen molar-refractivity contribution in [2.45, 2.75) is 0 Å². The summed E-state index contributed by atoms with van der Waals surface area (Å²) in [5.74, 6) is -1.90. The predicted molar refractivity (Wildman–Crippen MR) is 342 cm³/mol. The molecule has 0 saturated heterocycles. The number of pyridine rings is 4. The number of aromatic nitrogens is 6. The third kappa shape index (κ3) is 12.9. The van der Waals surface area contributed by atoms with Crippen LogP contribution < -0.4 is 18.9 Å². The van der Waals surface area contributed by atoms with Gasteiger partial charge in [-0.25, -0.2) is 29.1 Å². The number of carbonyl (C=O) groups is 4. The number of carbonyl (C=O) groups excluding carboxylic acids is 4. The molecule has 13 aromatic rings. The van der Waals surface area contributed by atoms with Crippen LogP contribution in [-0.4, -0.2) is 53.8 Å². The third-order valence-corrected chi connectivity index (χ3v) is 14.6. The number of nitrogens with zero attached hydrogens (tertiary/aromatic N) is 6. The van der Waals surface area contributed by atoms with Crippen LogP contribution in [0.15, 0.2) is 292 Å². The molecule has 5 aromatic heterocycles. The smallest absolute Gasteiger partial charge is 0.343 e. The molecule has 13 rings (SSSR count). The van der Waals surface area contributed by atoms with Gasteiger partial charge < -0.3 is 18.9 Å². The summed E-state index contributed by atoms with van der Waals surface area (Å²) in [4.78, 5) is 83.5. The van der Waals surface area contributed by atoms with E-state index in [1.807, 2.05) is 115 Å². The van der Waals surface area contributed by atoms with Gasteiger partial charge in [-0.3, -0.25) is 19.9 Å². The summed E-state index contributed by atoms with van der Waals surface area (Å²) in [6.07, 6.45) is 10.1. The SMILES string of the molecule is O=C(Oc1cc(OC(=O)c2ccc(-c3ccccn3)cc2)cc(-c2cccc(-c3cc(OC(=O)c4ccc(-c5ccccn5)cc4)cc(OC(=O)c4ccc(-c5ccccn5)cc4)c3)c2-c2ccc(-c3ncccn3)cc2)c1)c1ccc(-c2ccccn2)cc1. The predicted octanol–water partition coefficient (Wildman–Crippen LogP) is 16.3. The highest BCUT2D eigenvalue weighted by Crippen LogP contribution is 2.45. The minimum absolute atomic E-state index is 0.0665. The number of ether oxygens (including phenoxy) is 4. The van der Waals surface area contributed by atoms with E-state index in [4.69, 9.17) is 18.9 Å². The highest BCUT2D eigenvalue weighted by molar-refractivity contribution is 5.99. The van der Waals surface area contributed by atoms with Gasteiger partial charge in [0.1, 0.15) is 23.0 Å². The highest BCUT2D eigenvalue weighted by Gasteiger charge is 2.23. The highest BCUT2D eigenvalue weighted by atomic mass is 16.6. The molecule has 0 atom stereocenters. The van der Waals surface area contributed by atoms with E-state index >= 15 is 0 Å². The average molecular weight is 1170 g/mol. The molecular formula is C76H48N6O8. The summed E-state index contributed by atoms with van der Waals surface area (Å²) < 4.78 is 24.8. The Morgan fingerprint density at radius 3 is 0.800 bits per heavy atom. The molecule has 0 spiro atoms. The fourth-order valence-electron chi connectivity index (χ4n) is 10.2. The maximum absolute atomic E-state index is 14.2. The first kappa shape index (κ1) is 56.5. The Kier molecular flexibility index (Phi) is 16.2. The minimum Gasteiger partial charge on any atom is -0.423 e. The molecule has 90 heavy (non-hydrogen) atoms. The van der Waals surface area contributed by atoms with Crippen molar-refractivity contribution < 1.29 is 38.1 Å². The van der Waals surface area contributed by atoms with Crippen LogP contribution >= 0.6 is 0 Å². The van der Waals surface area contributed by atoms with E-state index in [1.54, 1.807) is 165 Å². The number of benzene rings is 8. The third-order valence-electron chi connectivity index (χ3n) is 14.6. The van der Waals surface area contributed by atoms with Crippen LogP contribution in [0.4, 0.5) is 0 Å². The molecular weight excluding hydrogens is 1120 g/mol. The Balaban J connectivity index is 0.922. The average Bonchev–Trinajstić information content (AvgIpc) is 0.919. The van der Waals surface area contributed by atoms with Crippen LogP contribution in [0.5, 0.6) is 23.0 Å². The Hall–Kier alpha value is -12.7. The number of hydrogen-bond acceptors (Lipinski definition) is 14. The minimum atomic E-state index is -0.670. The lowest BCUT2D eigenvalue weighted by Crippen LogP contribution is -2.11. The van der Waals surface area contributed by atoms with Crippen LogP contribution in [0, 0.1) is 0 Å². The largest absolute Gasteiger partial charge is 0.423 e. The van der Waals surface area contributed by atoms with Crippen molar-refractivity contribution in [2.24, 2.45) is 0 Å². The fourth-order valence-corrected chi connectivity index (χ4v) is 10.2. The van der Waals surface area contributed by atoms with Gasteiger partial charge in [-0.05, 0) is 161 Å². The van der Waals surface area contributed by atoms with Gasteiger partial charge >= 0.3 is 23.9 Å². The van der Waals surface area contributed by atoms with Crippen molar-refractivity contribution in [2.75, 3.05) is 0 Å². The fraction of sp³-hybridized carbons (Fsp3) is 0. The molecule has 5 heterocycles. The number of esters is 4. The zero-order chi connectivity index (χ0) is 61.2. The van der Waals surface area contributed by atoms with Crippen molar-refractivity contribution in [3.05, 3.63) is 314 Å². The Bertz CT molecular complexity index is 4230. The first-order chi connectivity index (χ1) is 44.2. The van der Waals surface area contributed by atoms with Gasteiger partial charge in [-0.15, -0.1) is 0 Å². The van der Waals surface area contributed by atoms with Crippen LogP contribution in [-0.2, 0) is 0 Å². The van der Waals surface area contributed by atoms with Crippen LogP contribution in [0.3, 0.4) is 0 Å². The molecule has 0 radical (unpaired) electrons.